The molecule has 24 heavy (non-hydrogen) atoms. The Balaban J connectivity index is 1.50. The highest BCUT2D eigenvalue weighted by atomic mass is 32.1. The lowest BCUT2D eigenvalue weighted by Gasteiger charge is -2.31. The molecule has 0 aliphatic carbocycles. The maximum Gasteiger partial charge on any atom is 0.253 e. The monoisotopic (exact) mass is 340 g/mol. The number of pyridine rings is 1. The number of hydrogen-bond acceptors (Lipinski definition) is 6. The van der Waals surface area contributed by atoms with Gasteiger partial charge in [0, 0.05) is 42.0 Å². The minimum Gasteiger partial charge on any atom is -0.420 e. The summed E-state index contributed by atoms with van der Waals surface area (Å²) >= 11 is 1.60. The molecule has 1 fully saturated rings. The summed E-state index contributed by atoms with van der Waals surface area (Å²) in [5.41, 5.74) is 1.61. The molecule has 1 unspecified atom stereocenters. The van der Waals surface area contributed by atoms with Crippen molar-refractivity contribution >= 4 is 17.2 Å². The molecular formula is C17H16N4O2S. The topological polar surface area (TPSA) is 72.1 Å². The van der Waals surface area contributed by atoms with Gasteiger partial charge in [0.1, 0.15) is 0 Å². The van der Waals surface area contributed by atoms with Gasteiger partial charge in [-0.2, -0.15) is 11.3 Å². The standard InChI is InChI=1S/C17H16N4O2S/c22-17(12-3-6-18-7-4-12)21-8-1-2-13(10-21)15-19-20-16(23-15)14-5-9-24-11-14/h3-7,9,11,13H,1-2,8,10H2. The zero-order valence-corrected chi connectivity index (χ0v) is 13.8. The van der Waals surface area contributed by atoms with Crippen molar-refractivity contribution in [1.29, 1.82) is 0 Å². The van der Waals surface area contributed by atoms with E-state index in [1.165, 1.54) is 0 Å². The van der Waals surface area contributed by atoms with Gasteiger partial charge in [0.25, 0.3) is 5.91 Å². The van der Waals surface area contributed by atoms with Gasteiger partial charge < -0.3 is 9.32 Å². The molecule has 122 valence electrons. The normalized spacial score (nSPS) is 17.8. The lowest BCUT2D eigenvalue weighted by Crippen LogP contribution is -2.39. The van der Waals surface area contributed by atoms with E-state index in [-0.39, 0.29) is 11.8 Å². The number of hydrogen-bond donors (Lipinski definition) is 0. The second kappa shape index (κ2) is 6.52. The number of likely N-dealkylation sites (tertiary alicyclic amines) is 1. The van der Waals surface area contributed by atoms with E-state index in [1.54, 1.807) is 35.9 Å². The van der Waals surface area contributed by atoms with Crippen LogP contribution in [0.1, 0.15) is 35.0 Å². The molecule has 1 atom stereocenters. The molecule has 0 N–H and O–H groups in total. The minimum absolute atomic E-state index is 0.0275. The van der Waals surface area contributed by atoms with Gasteiger partial charge in [0.15, 0.2) is 0 Å². The number of carbonyl (C=O) groups excluding carboxylic acids is 1. The van der Waals surface area contributed by atoms with Crippen LogP contribution in [0.15, 0.2) is 45.8 Å². The van der Waals surface area contributed by atoms with Crippen molar-refractivity contribution in [3.05, 3.63) is 52.8 Å². The summed E-state index contributed by atoms with van der Waals surface area (Å²) in [6.07, 6.45) is 5.16. The van der Waals surface area contributed by atoms with E-state index in [4.69, 9.17) is 4.42 Å². The van der Waals surface area contributed by atoms with Crippen LogP contribution < -0.4 is 0 Å². The predicted octanol–water partition coefficient (Wildman–Crippen LogP) is 3.21. The first-order chi connectivity index (χ1) is 11.8. The predicted molar refractivity (Wildman–Crippen MR) is 89.7 cm³/mol. The molecule has 3 aromatic rings. The Kier molecular flexibility index (Phi) is 4.08. The van der Waals surface area contributed by atoms with Crippen LogP contribution in [0.5, 0.6) is 0 Å². The quantitative estimate of drug-likeness (QED) is 0.732. The number of carbonyl (C=O) groups is 1. The van der Waals surface area contributed by atoms with Crippen LogP contribution >= 0.6 is 11.3 Å². The van der Waals surface area contributed by atoms with Gasteiger partial charge in [-0.25, -0.2) is 0 Å². The van der Waals surface area contributed by atoms with Crippen molar-refractivity contribution in [2.45, 2.75) is 18.8 Å². The summed E-state index contributed by atoms with van der Waals surface area (Å²) in [5, 5.41) is 12.3. The van der Waals surface area contributed by atoms with Crippen molar-refractivity contribution < 1.29 is 9.21 Å². The first-order valence-electron chi connectivity index (χ1n) is 7.86. The van der Waals surface area contributed by atoms with Gasteiger partial charge in [-0.05, 0) is 36.4 Å². The molecule has 1 saturated heterocycles. The molecular weight excluding hydrogens is 324 g/mol. The maximum absolute atomic E-state index is 12.6. The molecule has 0 saturated carbocycles. The molecule has 0 bridgehead atoms. The Hall–Kier alpha value is -2.54. The fraction of sp³-hybridized carbons (Fsp3) is 0.294. The van der Waals surface area contributed by atoms with Gasteiger partial charge in [-0.3, -0.25) is 9.78 Å². The number of rotatable bonds is 3. The Morgan fingerprint density at radius 2 is 2.12 bits per heavy atom. The van der Waals surface area contributed by atoms with Crippen LogP contribution in [-0.4, -0.2) is 39.1 Å². The molecule has 3 aromatic heterocycles. The molecule has 1 amide bonds. The molecule has 4 rings (SSSR count). The Morgan fingerprint density at radius 1 is 1.25 bits per heavy atom. The second-order valence-corrected chi connectivity index (χ2v) is 6.56. The average Bonchev–Trinajstić information content (AvgIpc) is 3.33. The number of piperidine rings is 1. The minimum atomic E-state index is 0.0275. The van der Waals surface area contributed by atoms with Gasteiger partial charge in [0.2, 0.25) is 11.8 Å². The van der Waals surface area contributed by atoms with Gasteiger partial charge in [0.05, 0.1) is 5.92 Å². The van der Waals surface area contributed by atoms with E-state index in [1.807, 2.05) is 21.7 Å². The van der Waals surface area contributed by atoms with Crippen LogP contribution in [0, 0.1) is 0 Å². The van der Waals surface area contributed by atoms with Crippen LogP contribution in [-0.2, 0) is 0 Å². The van der Waals surface area contributed by atoms with Crippen molar-refractivity contribution in [2.75, 3.05) is 13.1 Å². The fourth-order valence-corrected chi connectivity index (χ4v) is 3.57. The van der Waals surface area contributed by atoms with Crippen molar-refractivity contribution in [3.63, 3.8) is 0 Å². The van der Waals surface area contributed by atoms with Crippen molar-refractivity contribution in [3.8, 4) is 11.5 Å². The zero-order chi connectivity index (χ0) is 16.4. The summed E-state index contributed by atoms with van der Waals surface area (Å²) < 4.78 is 5.84. The molecule has 7 heteroatoms. The number of aromatic nitrogens is 3. The van der Waals surface area contributed by atoms with Crippen LogP contribution in [0.4, 0.5) is 0 Å². The van der Waals surface area contributed by atoms with Crippen LogP contribution in [0.3, 0.4) is 0 Å². The van der Waals surface area contributed by atoms with Gasteiger partial charge in [-0.15, -0.1) is 10.2 Å². The third kappa shape index (κ3) is 2.94. The van der Waals surface area contributed by atoms with E-state index in [9.17, 15) is 4.79 Å². The lowest BCUT2D eigenvalue weighted by molar-refractivity contribution is 0.0698. The summed E-state index contributed by atoms with van der Waals surface area (Å²) in [6.45, 7) is 1.36. The molecule has 1 aliphatic heterocycles. The maximum atomic E-state index is 12.6. The van der Waals surface area contributed by atoms with E-state index in [2.05, 4.69) is 15.2 Å². The van der Waals surface area contributed by atoms with Crippen molar-refractivity contribution in [1.82, 2.24) is 20.1 Å². The first-order valence-corrected chi connectivity index (χ1v) is 8.81. The summed E-state index contributed by atoms with van der Waals surface area (Å²) in [7, 11) is 0. The van der Waals surface area contributed by atoms with Gasteiger partial charge >= 0.3 is 0 Å². The van der Waals surface area contributed by atoms with E-state index < -0.39 is 0 Å². The number of thiophene rings is 1. The van der Waals surface area contributed by atoms with Crippen LogP contribution in [0.2, 0.25) is 0 Å². The average molecular weight is 340 g/mol. The number of nitrogens with zero attached hydrogens (tertiary/aromatic N) is 4. The Labute approximate surface area is 143 Å². The van der Waals surface area contributed by atoms with E-state index >= 15 is 0 Å². The molecule has 4 heterocycles. The molecule has 0 radical (unpaired) electrons. The second-order valence-electron chi connectivity index (χ2n) is 5.78. The fourth-order valence-electron chi connectivity index (χ4n) is 2.94. The third-order valence-electron chi connectivity index (χ3n) is 4.19. The summed E-state index contributed by atoms with van der Waals surface area (Å²) in [5.74, 6) is 1.27. The smallest absolute Gasteiger partial charge is 0.253 e. The zero-order valence-electron chi connectivity index (χ0n) is 13.0. The molecule has 0 aromatic carbocycles. The highest BCUT2D eigenvalue weighted by Crippen LogP contribution is 2.29. The molecule has 6 nitrogen and oxygen atoms in total. The number of amides is 1. The SMILES string of the molecule is O=C(c1ccncc1)N1CCCC(c2nnc(-c3ccsc3)o2)C1. The molecule has 1 aliphatic rings. The first kappa shape index (κ1) is 15.0. The molecule has 0 spiro atoms. The van der Waals surface area contributed by atoms with Crippen LogP contribution in [0.25, 0.3) is 11.5 Å². The van der Waals surface area contributed by atoms with Gasteiger partial charge in [-0.1, -0.05) is 0 Å². The third-order valence-corrected chi connectivity index (χ3v) is 4.88. The van der Waals surface area contributed by atoms with Crippen molar-refractivity contribution in [2.24, 2.45) is 0 Å². The lowest BCUT2D eigenvalue weighted by atomic mass is 9.97. The summed E-state index contributed by atoms with van der Waals surface area (Å²) in [4.78, 5) is 18.4. The van der Waals surface area contributed by atoms with E-state index in [0.29, 0.717) is 23.9 Å². The summed E-state index contributed by atoms with van der Waals surface area (Å²) in [6, 6.07) is 5.45. The largest absolute Gasteiger partial charge is 0.420 e. The highest BCUT2D eigenvalue weighted by molar-refractivity contribution is 7.08. The van der Waals surface area contributed by atoms with E-state index in [0.717, 1.165) is 24.9 Å². The highest BCUT2D eigenvalue weighted by Gasteiger charge is 2.29. The Morgan fingerprint density at radius 3 is 2.92 bits per heavy atom. The Bertz CT molecular complexity index is 816.